The Morgan fingerprint density at radius 1 is 1.03 bits per heavy atom. The first-order chi connectivity index (χ1) is 16.4. The molecule has 1 unspecified atom stereocenters. The average molecular weight is 506 g/mol. The molecule has 204 valence electrons. The van der Waals surface area contributed by atoms with Crippen LogP contribution in [0.15, 0.2) is 0 Å². The molecule has 3 fully saturated rings. The maximum absolute atomic E-state index is 13.7. The van der Waals surface area contributed by atoms with Gasteiger partial charge < -0.3 is 21.7 Å². The van der Waals surface area contributed by atoms with Crippen molar-refractivity contribution in [2.45, 2.75) is 105 Å². The van der Waals surface area contributed by atoms with Gasteiger partial charge in [0, 0.05) is 24.7 Å². The van der Waals surface area contributed by atoms with Crippen molar-refractivity contribution in [3.05, 3.63) is 0 Å². The number of nitrogens with two attached hydrogens (primary N) is 1. The van der Waals surface area contributed by atoms with Crippen molar-refractivity contribution in [2.24, 2.45) is 34.3 Å². The first kappa shape index (κ1) is 28.4. The lowest BCUT2D eigenvalue weighted by atomic mass is 9.80. The molecule has 0 bridgehead atoms. The number of amides is 4. The van der Waals surface area contributed by atoms with Crippen molar-refractivity contribution >= 4 is 23.6 Å². The van der Waals surface area contributed by atoms with E-state index in [-0.39, 0.29) is 40.3 Å². The number of carbonyl (C=O) groups is 4. The number of likely N-dealkylation sites (tertiary alicyclic amines) is 1. The van der Waals surface area contributed by atoms with Crippen molar-refractivity contribution in [1.29, 1.82) is 0 Å². The number of urea groups is 1. The quantitative estimate of drug-likeness (QED) is 0.357. The molecule has 5 atom stereocenters. The fourth-order valence-corrected chi connectivity index (χ4v) is 5.90. The summed E-state index contributed by atoms with van der Waals surface area (Å²) in [4.78, 5) is 52.8. The van der Waals surface area contributed by atoms with Crippen LogP contribution in [0.1, 0.15) is 81.1 Å². The van der Waals surface area contributed by atoms with Gasteiger partial charge in [-0.2, -0.15) is 0 Å². The number of fused-ring (bicyclic) bond motifs is 1. The smallest absolute Gasteiger partial charge is 0.315 e. The summed E-state index contributed by atoms with van der Waals surface area (Å²) < 4.78 is 0. The molecular weight excluding hydrogens is 458 g/mol. The van der Waals surface area contributed by atoms with Gasteiger partial charge in [-0.1, -0.05) is 53.9 Å². The Morgan fingerprint density at radius 3 is 2.11 bits per heavy atom. The highest BCUT2D eigenvalue weighted by Crippen LogP contribution is 2.64. The molecule has 0 aromatic carbocycles. The number of nitrogens with zero attached hydrogens (tertiary/aromatic N) is 1. The third kappa shape index (κ3) is 6.39. The van der Waals surface area contributed by atoms with Crippen LogP contribution in [-0.2, 0) is 14.4 Å². The largest absolute Gasteiger partial charge is 0.363 e. The highest BCUT2D eigenvalue weighted by Gasteiger charge is 2.68. The minimum Gasteiger partial charge on any atom is -0.363 e. The van der Waals surface area contributed by atoms with Crippen LogP contribution in [-0.4, -0.2) is 65.3 Å². The lowest BCUT2D eigenvalue weighted by Crippen LogP contribution is -2.59. The Bertz CT molecular complexity index is 884. The maximum atomic E-state index is 13.7. The van der Waals surface area contributed by atoms with Crippen LogP contribution in [0, 0.1) is 28.6 Å². The minimum absolute atomic E-state index is 0.0317. The molecule has 0 aromatic heterocycles. The van der Waals surface area contributed by atoms with Gasteiger partial charge in [0.2, 0.25) is 11.7 Å². The van der Waals surface area contributed by atoms with E-state index in [2.05, 4.69) is 55.5 Å². The molecule has 5 N–H and O–H groups in total. The average Bonchev–Trinajstić information content (AvgIpc) is 3.02. The molecule has 9 nitrogen and oxygen atoms in total. The van der Waals surface area contributed by atoms with E-state index in [1.165, 1.54) is 0 Å². The van der Waals surface area contributed by atoms with Crippen molar-refractivity contribution in [3.8, 4) is 0 Å². The van der Waals surface area contributed by atoms with Gasteiger partial charge in [0.1, 0.15) is 0 Å². The van der Waals surface area contributed by atoms with E-state index >= 15 is 0 Å². The molecule has 0 spiro atoms. The minimum atomic E-state index is -1.01. The highest BCUT2D eigenvalue weighted by atomic mass is 16.2. The van der Waals surface area contributed by atoms with Crippen LogP contribution in [0.5, 0.6) is 0 Å². The van der Waals surface area contributed by atoms with Gasteiger partial charge in [0.15, 0.2) is 0 Å². The predicted molar refractivity (Wildman–Crippen MR) is 139 cm³/mol. The monoisotopic (exact) mass is 505 g/mol. The second-order valence-electron chi connectivity index (χ2n) is 13.9. The molecular formula is C27H47N5O4. The molecule has 1 saturated heterocycles. The normalized spacial score (nSPS) is 27.3. The van der Waals surface area contributed by atoms with Gasteiger partial charge >= 0.3 is 6.03 Å². The zero-order valence-electron chi connectivity index (χ0n) is 23.4. The van der Waals surface area contributed by atoms with Gasteiger partial charge in [0.05, 0.1) is 12.1 Å². The summed E-state index contributed by atoms with van der Waals surface area (Å²) in [5, 5.41) is 9.00. The van der Waals surface area contributed by atoms with E-state index < -0.39 is 23.8 Å². The lowest BCUT2D eigenvalue weighted by Gasteiger charge is -2.39. The zero-order chi connectivity index (χ0) is 27.2. The predicted octanol–water partition coefficient (Wildman–Crippen LogP) is 2.18. The molecule has 9 heteroatoms. The molecule has 3 aliphatic rings. The summed E-state index contributed by atoms with van der Waals surface area (Å²) in [5.41, 5.74) is 4.74. The molecule has 4 amide bonds. The van der Waals surface area contributed by atoms with Gasteiger partial charge in [-0.05, 0) is 55.8 Å². The Kier molecular flexibility index (Phi) is 7.85. The topological polar surface area (TPSA) is 134 Å². The molecule has 1 aliphatic heterocycles. The second kappa shape index (κ2) is 9.95. The maximum Gasteiger partial charge on any atom is 0.315 e. The molecule has 0 radical (unpaired) electrons. The Labute approximate surface area is 216 Å². The molecule has 2 saturated carbocycles. The third-order valence-corrected chi connectivity index (χ3v) is 8.50. The van der Waals surface area contributed by atoms with Crippen LogP contribution >= 0.6 is 0 Å². The number of carbonyl (C=O) groups excluding carboxylic acids is 4. The Morgan fingerprint density at radius 2 is 1.64 bits per heavy atom. The highest BCUT2D eigenvalue weighted by molar-refractivity contribution is 6.37. The third-order valence-electron chi connectivity index (χ3n) is 8.50. The first-order valence-electron chi connectivity index (χ1n) is 13.4. The summed E-state index contributed by atoms with van der Waals surface area (Å²) in [6.45, 7) is 17.6. The van der Waals surface area contributed by atoms with E-state index in [9.17, 15) is 19.2 Å². The van der Waals surface area contributed by atoms with Gasteiger partial charge in [-0.25, -0.2) is 4.79 Å². The summed E-state index contributed by atoms with van der Waals surface area (Å²) >= 11 is 0. The fraction of sp³-hybridized carbons (Fsp3) is 0.852. The number of primary amides is 1. The zero-order valence-corrected chi connectivity index (χ0v) is 23.4. The fourth-order valence-electron chi connectivity index (χ4n) is 5.90. The van der Waals surface area contributed by atoms with Crippen molar-refractivity contribution in [2.75, 3.05) is 13.1 Å². The number of Topliss-reactive ketones (excluding diaryl/α,β-unsaturated/α-hetero) is 1. The first-order valence-corrected chi connectivity index (χ1v) is 13.4. The van der Waals surface area contributed by atoms with E-state index in [0.29, 0.717) is 24.8 Å². The van der Waals surface area contributed by atoms with E-state index in [1.54, 1.807) is 0 Å². The molecule has 1 heterocycles. The molecule has 36 heavy (non-hydrogen) atoms. The summed E-state index contributed by atoms with van der Waals surface area (Å²) in [6.07, 6.45) is 3.56. The van der Waals surface area contributed by atoms with Crippen molar-refractivity contribution < 1.29 is 19.2 Å². The number of hydrogen-bond donors (Lipinski definition) is 4. The second-order valence-corrected chi connectivity index (χ2v) is 13.9. The van der Waals surface area contributed by atoms with Gasteiger partial charge in [0.25, 0.3) is 5.91 Å². The van der Waals surface area contributed by atoms with E-state index in [1.807, 2.05) is 20.8 Å². The number of nitrogens with one attached hydrogen (secondary N) is 3. The number of piperidine rings is 1. The van der Waals surface area contributed by atoms with Crippen LogP contribution in [0.4, 0.5) is 4.79 Å². The van der Waals surface area contributed by atoms with Crippen molar-refractivity contribution in [3.63, 3.8) is 0 Å². The van der Waals surface area contributed by atoms with Crippen LogP contribution in [0.3, 0.4) is 0 Å². The van der Waals surface area contributed by atoms with E-state index in [0.717, 1.165) is 25.8 Å². The molecule has 0 aromatic rings. The summed E-state index contributed by atoms with van der Waals surface area (Å²) in [6, 6.07) is -1.74. The molecule has 2 aliphatic carbocycles. The number of hydrogen-bond acceptors (Lipinski definition) is 5. The number of ketones is 1. The Balaban J connectivity index is 1.77. The number of rotatable bonds is 9. The summed E-state index contributed by atoms with van der Waals surface area (Å²) in [5.74, 6) is -1.09. The van der Waals surface area contributed by atoms with Crippen LogP contribution in [0.25, 0.3) is 0 Å². The van der Waals surface area contributed by atoms with Crippen LogP contribution < -0.4 is 21.7 Å². The van der Waals surface area contributed by atoms with Crippen LogP contribution in [0.2, 0.25) is 0 Å². The van der Waals surface area contributed by atoms with Gasteiger partial charge in [-0.15, -0.1) is 0 Å². The lowest BCUT2D eigenvalue weighted by molar-refractivity contribution is -0.139. The SMILES string of the molecule is CC(C)(C)NC(=O)N[C@H](CN1C[C@H]2[C@@H]([C@H]1C(=O)NC(CC1CCC1)C(=O)C(N)=O)C2(C)C)C(C)(C)C. The summed E-state index contributed by atoms with van der Waals surface area (Å²) in [7, 11) is 0. The Hall–Kier alpha value is -2.16. The van der Waals surface area contributed by atoms with E-state index in [4.69, 9.17) is 5.73 Å². The van der Waals surface area contributed by atoms with Crippen molar-refractivity contribution in [1.82, 2.24) is 20.9 Å². The standard InChI is InChI=1S/C27H47N5O4/c1-25(2,3)18(30-24(36)31-26(4,5)6)14-32-13-16-19(27(16,7)8)20(32)23(35)29-17(21(33)22(28)34)12-15-10-9-11-15/h15-20H,9-14H2,1-8H3,(H2,28,34)(H,29,35)(H2,30,31,36)/t16-,17?,18+,19-,20-/m0/s1. The molecule has 3 rings (SSSR count). The van der Waals surface area contributed by atoms with Gasteiger partial charge in [-0.3, -0.25) is 19.3 Å².